The summed E-state index contributed by atoms with van der Waals surface area (Å²) >= 11 is 7.35. The van der Waals surface area contributed by atoms with Crippen molar-refractivity contribution in [1.82, 2.24) is 4.98 Å². The molecule has 118 valence electrons. The van der Waals surface area contributed by atoms with Gasteiger partial charge in [-0.25, -0.2) is 4.98 Å². The Morgan fingerprint density at radius 2 is 2.09 bits per heavy atom. The van der Waals surface area contributed by atoms with E-state index >= 15 is 0 Å². The summed E-state index contributed by atoms with van der Waals surface area (Å²) in [5, 5.41) is 3.61. The fourth-order valence-electron chi connectivity index (χ4n) is 2.02. The molecule has 1 heterocycles. The molecular weight excluding hydrogens is 332 g/mol. The van der Waals surface area contributed by atoms with Crippen LogP contribution in [0.4, 0.5) is 5.69 Å². The van der Waals surface area contributed by atoms with Crippen molar-refractivity contribution >= 4 is 46.1 Å². The van der Waals surface area contributed by atoms with Crippen molar-refractivity contribution in [3.63, 3.8) is 0 Å². The maximum atomic E-state index is 12.3. The molecule has 3 aromatic rings. The molecule has 1 aromatic heterocycles. The lowest BCUT2D eigenvalue weighted by molar-refractivity contribution is -0.115. The molecule has 3 rings (SSSR count). The highest BCUT2D eigenvalue weighted by Gasteiger charge is 2.18. The van der Waals surface area contributed by atoms with Crippen LogP contribution in [0.25, 0.3) is 11.1 Å². The Labute approximate surface area is 143 Å². The number of para-hydroxylation sites is 2. The number of nitrogens with zero attached hydrogens (tertiary/aromatic N) is 1. The van der Waals surface area contributed by atoms with Crippen molar-refractivity contribution in [3.05, 3.63) is 53.1 Å². The van der Waals surface area contributed by atoms with E-state index in [9.17, 15) is 4.79 Å². The predicted molar refractivity (Wildman–Crippen MR) is 94.1 cm³/mol. The first-order valence-corrected chi connectivity index (χ1v) is 8.38. The number of aromatic nitrogens is 1. The summed E-state index contributed by atoms with van der Waals surface area (Å²) in [5.74, 6) is -0.128. The van der Waals surface area contributed by atoms with Crippen molar-refractivity contribution in [2.45, 2.75) is 24.3 Å². The molecule has 0 fully saturated rings. The van der Waals surface area contributed by atoms with Crippen LogP contribution in [0.2, 0.25) is 5.02 Å². The first-order valence-electron chi connectivity index (χ1n) is 7.12. The van der Waals surface area contributed by atoms with Crippen LogP contribution >= 0.6 is 23.4 Å². The number of benzene rings is 2. The highest BCUT2D eigenvalue weighted by molar-refractivity contribution is 8.00. The number of anilines is 1. The lowest BCUT2D eigenvalue weighted by Gasteiger charge is -2.10. The number of hydrogen-bond donors (Lipinski definition) is 1. The van der Waals surface area contributed by atoms with E-state index in [0.29, 0.717) is 21.5 Å². The average molecular weight is 347 g/mol. The first-order chi connectivity index (χ1) is 11.0. The fraction of sp³-hybridized carbons (Fsp3) is 0.176. The minimum absolute atomic E-state index is 0.128. The zero-order chi connectivity index (χ0) is 16.4. The van der Waals surface area contributed by atoms with Gasteiger partial charge in [-0.2, -0.15) is 0 Å². The molecular formula is C17H15ClN2O2S. The Kier molecular flexibility index (Phi) is 4.59. The monoisotopic (exact) mass is 346 g/mol. The topological polar surface area (TPSA) is 55.1 Å². The molecule has 0 aliphatic heterocycles. The van der Waals surface area contributed by atoms with Crippen molar-refractivity contribution in [2.75, 3.05) is 5.32 Å². The molecule has 0 spiro atoms. The normalized spacial score (nSPS) is 12.3. The number of fused-ring (bicyclic) bond motifs is 1. The van der Waals surface area contributed by atoms with Crippen LogP contribution in [0.3, 0.4) is 0 Å². The van der Waals surface area contributed by atoms with Crippen LogP contribution in [0.1, 0.15) is 12.5 Å². The first kappa shape index (κ1) is 15.9. The van der Waals surface area contributed by atoms with E-state index < -0.39 is 0 Å². The fourth-order valence-corrected chi connectivity index (χ4v) is 2.96. The molecule has 6 heteroatoms. The minimum Gasteiger partial charge on any atom is -0.431 e. The summed E-state index contributed by atoms with van der Waals surface area (Å²) in [6.07, 6.45) is 0. The van der Waals surface area contributed by atoms with E-state index in [1.807, 2.05) is 50.2 Å². The summed E-state index contributed by atoms with van der Waals surface area (Å²) in [5.41, 5.74) is 3.15. The Hall–Kier alpha value is -1.98. The second kappa shape index (κ2) is 6.64. The van der Waals surface area contributed by atoms with Gasteiger partial charge >= 0.3 is 0 Å². The number of amides is 1. The molecule has 1 unspecified atom stereocenters. The summed E-state index contributed by atoms with van der Waals surface area (Å²) in [6, 6.07) is 13.0. The largest absolute Gasteiger partial charge is 0.431 e. The van der Waals surface area contributed by atoms with Gasteiger partial charge in [0.2, 0.25) is 5.91 Å². The summed E-state index contributed by atoms with van der Waals surface area (Å²) in [4.78, 5) is 16.6. The molecule has 2 aromatic carbocycles. The molecule has 0 saturated carbocycles. The van der Waals surface area contributed by atoms with Crippen molar-refractivity contribution in [1.29, 1.82) is 0 Å². The predicted octanol–water partition coefficient (Wildman–Crippen LogP) is 4.91. The molecule has 1 atom stereocenters. The van der Waals surface area contributed by atoms with Crippen LogP contribution in [0.5, 0.6) is 0 Å². The molecule has 0 radical (unpaired) electrons. The average Bonchev–Trinajstić information content (AvgIpc) is 2.93. The zero-order valence-electron chi connectivity index (χ0n) is 12.7. The summed E-state index contributed by atoms with van der Waals surface area (Å²) in [6.45, 7) is 3.73. The van der Waals surface area contributed by atoms with E-state index in [4.69, 9.17) is 16.0 Å². The molecule has 0 bridgehead atoms. The lowest BCUT2D eigenvalue weighted by atomic mass is 10.2. The van der Waals surface area contributed by atoms with E-state index in [2.05, 4.69) is 10.3 Å². The quantitative estimate of drug-likeness (QED) is 0.682. The van der Waals surface area contributed by atoms with Gasteiger partial charge < -0.3 is 9.73 Å². The maximum Gasteiger partial charge on any atom is 0.257 e. The number of nitrogens with one attached hydrogen (secondary N) is 1. The molecule has 1 amide bonds. The number of rotatable bonds is 4. The highest BCUT2D eigenvalue weighted by atomic mass is 35.5. The van der Waals surface area contributed by atoms with Gasteiger partial charge in [-0.3, -0.25) is 4.79 Å². The number of halogens is 1. The second-order valence-electron chi connectivity index (χ2n) is 5.16. The smallest absolute Gasteiger partial charge is 0.257 e. The van der Waals surface area contributed by atoms with Crippen LogP contribution in [0.15, 0.2) is 52.1 Å². The number of carbonyl (C=O) groups is 1. The second-order valence-corrected chi connectivity index (χ2v) is 6.86. The van der Waals surface area contributed by atoms with Crippen LogP contribution < -0.4 is 5.32 Å². The van der Waals surface area contributed by atoms with Crippen LogP contribution in [-0.4, -0.2) is 16.1 Å². The van der Waals surface area contributed by atoms with Gasteiger partial charge in [-0.1, -0.05) is 41.6 Å². The molecule has 0 aliphatic rings. The van der Waals surface area contributed by atoms with Gasteiger partial charge in [0.05, 0.1) is 5.25 Å². The number of thioether (sulfide) groups is 1. The minimum atomic E-state index is -0.344. The zero-order valence-corrected chi connectivity index (χ0v) is 14.2. The van der Waals surface area contributed by atoms with Gasteiger partial charge in [0.1, 0.15) is 5.52 Å². The third-order valence-corrected chi connectivity index (χ3v) is 4.71. The number of carbonyl (C=O) groups excluding carboxylic acids is 1. The number of hydrogen-bond acceptors (Lipinski definition) is 4. The van der Waals surface area contributed by atoms with Crippen molar-refractivity contribution in [2.24, 2.45) is 0 Å². The van der Waals surface area contributed by atoms with Crippen LogP contribution in [-0.2, 0) is 4.79 Å². The molecule has 4 nitrogen and oxygen atoms in total. The Balaban J connectivity index is 1.68. The molecule has 0 aliphatic carbocycles. The summed E-state index contributed by atoms with van der Waals surface area (Å²) < 4.78 is 5.62. The Morgan fingerprint density at radius 3 is 2.83 bits per heavy atom. The third-order valence-electron chi connectivity index (χ3n) is 3.36. The Morgan fingerprint density at radius 1 is 1.30 bits per heavy atom. The van der Waals surface area contributed by atoms with Crippen molar-refractivity contribution in [3.8, 4) is 0 Å². The number of oxazole rings is 1. The van der Waals surface area contributed by atoms with Gasteiger partial charge in [0, 0.05) is 10.7 Å². The SMILES string of the molecule is Cc1ccc(NC(=O)C(C)Sc2nc3ccccc3o2)cc1Cl. The van der Waals surface area contributed by atoms with Gasteiger partial charge in [0.25, 0.3) is 5.22 Å². The molecule has 1 N–H and O–H groups in total. The lowest BCUT2D eigenvalue weighted by Crippen LogP contribution is -2.22. The van der Waals surface area contributed by atoms with E-state index in [-0.39, 0.29) is 11.2 Å². The van der Waals surface area contributed by atoms with E-state index in [1.165, 1.54) is 11.8 Å². The Bertz CT molecular complexity index is 830. The summed E-state index contributed by atoms with van der Waals surface area (Å²) in [7, 11) is 0. The van der Waals surface area contributed by atoms with Gasteiger partial charge in [-0.05, 0) is 43.7 Å². The van der Waals surface area contributed by atoms with Gasteiger partial charge in [-0.15, -0.1) is 0 Å². The molecule has 23 heavy (non-hydrogen) atoms. The number of aryl methyl sites for hydroxylation is 1. The van der Waals surface area contributed by atoms with Crippen LogP contribution in [0, 0.1) is 6.92 Å². The molecule has 0 saturated heterocycles. The van der Waals surface area contributed by atoms with Crippen molar-refractivity contribution < 1.29 is 9.21 Å². The van der Waals surface area contributed by atoms with Gasteiger partial charge in [0.15, 0.2) is 5.58 Å². The van der Waals surface area contributed by atoms with E-state index in [1.54, 1.807) is 6.07 Å². The third kappa shape index (κ3) is 3.68. The maximum absolute atomic E-state index is 12.3. The highest BCUT2D eigenvalue weighted by Crippen LogP contribution is 2.27. The van der Waals surface area contributed by atoms with E-state index in [0.717, 1.165) is 11.1 Å². The standard InChI is InChI=1S/C17H15ClN2O2S/c1-10-7-8-12(9-13(10)18)19-16(21)11(2)23-17-20-14-5-3-4-6-15(14)22-17/h3-9,11H,1-2H3,(H,19,21).